The summed E-state index contributed by atoms with van der Waals surface area (Å²) < 4.78 is 30.7. The van der Waals surface area contributed by atoms with Crippen molar-refractivity contribution in [2.75, 3.05) is 7.11 Å². The maximum Gasteiger partial charge on any atom is 0.248 e. The maximum absolute atomic E-state index is 12.8. The molecule has 0 aromatic rings. The molecule has 0 aliphatic heterocycles. The second-order valence-electron chi connectivity index (χ2n) is 3.67. The smallest absolute Gasteiger partial charge is 0.248 e. The van der Waals surface area contributed by atoms with Gasteiger partial charge in [0.25, 0.3) is 0 Å². The van der Waals surface area contributed by atoms with Crippen molar-refractivity contribution in [1.29, 1.82) is 0 Å². The van der Waals surface area contributed by atoms with Gasteiger partial charge in [-0.05, 0) is 32.6 Å². The van der Waals surface area contributed by atoms with Crippen LogP contribution >= 0.6 is 0 Å². The molecule has 0 aromatic heterocycles. The second kappa shape index (κ2) is 3.69. The van der Waals surface area contributed by atoms with Gasteiger partial charge in [0.05, 0.1) is 6.10 Å². The highest BCUT2D eigenvalue weighted by atomic mass is 19.3. The van der Waals surface area contributed by atoms with E-state index in [1.54, 1.807) is 7.11 Å². The van der Waals surface area contributed by atoms with Crippen LogP contribution in [0.25, 0.3) is 0 Å². The van der Waals surface area contributed by atoms with Gasteiger partial charge in [-0.3, -0.25) is 0 Å². The van der Waals surface area contributed by atoms with Gasteiger partial charge in [0.15, 0.2) is 0 Å². The minimum Gasteiger partial charge on any atom is -0.381 e. The zero-order chi connectivity index (χ0) is 9.19. The molecule has 0 unspecified atom stereocenters. The van der Waals surface area contributed by atoms with Crippen LogP contribution < -0.4 is 0 Å². The standard InChI is InChI=1S/C9H16F2O/c1-9(10,11)7-3-5-8(12-2)6-4-7/h7-8H,3-6H2,1-2H3. The van der Waals surface area contributed by atoms with Crippen LogP contribution in [-0.4, -0.2) is 19.1 Å². The third-order valence-corrected chi connectivity index (χ3v) is 2.72. The van der Waals surface area contributed by atoms with Crippen LogP contribution in [0, 0.1) is 5.92 Å². The van der Waals surface area contributed by atoms with Crippen molar-refractivity contribution < 1.29 is 13.5 Å². The molecular formula is C9H16F2O. The average Bonchev–Trinajstić information content (AvgIpc) is 2.03. The number of methoxy groups -OCH3 is 1. The van der Waals surface area contributed by atoms with Gasteiger partial charge in [0.2, 0.25) is 5.92 Å². The van der Waals surface area contributed by atoms with Crippen molar-refractivity contribution in [3.05, 3.63) is 0 Å². The summed E-state index contributed by atoms with van der Waals surface area (Å²) in [5, 5.41) is 0. The van der Waals surface area contributed by atoms with Crippen molar-refractivity contribution in [1.82, 2.24) is 0 Å². The van der Waals surface area contributed by atoms with Crippen LogP contribution in [0.3, 0.4) is 0 Å². The molecule has 12 heavy (non-hydrogen) atoms. The van der Waals surface area contributed by atoms with Crippen molar-refractivity contribution in [3.8, 4) is 0 Å². The first-order valence-corrected chi connectivity index (χ1v) is 4.44. The molecule has 3 heteroatoms. The highest BCUT2D eigenvalue weighted by Crippen LogP contribution is 2.36. The Kier molecular flexibility index (Phi) is 3.04. The quantitative estimate of drug-likeness (QED) is 0.631. The van der Waals surface area contributed by atoms with Crippen molar-refractivity contribution >= 4 is 0 Å². The van der Waals surface area contributed by atoms with Crippen LogP contribution in [0.15, 0.2) is 0 Å². The molecule has 0 saturated heterocycles. The lowest BCUT2D eigenvalue weighted by atomic mass is 9.84. The number of hydrogen-bond donors (Lipinski definition) is 0. The number of alkyl halides is 2. The predicted octanol–water partition coefficient (Wildman–Crippen LogP) is 2.85. The summed E-state index contributed by atoms with van der Waals surface area (Å²) in [5.74, 6) is -2.93. The maximum atomic E-state index is 12.8. The second-order valence-corrected chi connectivity index (χ2v) is 3.67. The highest BCUT2D eigenvalue weighted by molar-refractivity contribution is 4.79. The summed E-state index contributed by atoms with van der Waals surface area (Å²) >= 11 is 0. The molecule has 1 nitrogen and oxygen atoms in total. The molecule has 1 rings (SSSR count). The number of hydrogen-bond acceptors (Lipinski definition) is 1. The molecule has 0 N–H and O–H groups in total. The average molecular weight is 178 g/mol. The molecule has 1 aliphatic rings. The SMILES string of the molecule is COC1CCC(C(C)(F)F)CC1. The van der Waals surface area contributed by atoms with Gasteiger partial charge >= 0.3 is 0 Å². The van der Waals surface area contributed by atoms with E-state index in [1.165, 1.54) is 0 Å². The molecule has 1 fully saturated rings. The van der Waals surface area contributed by atoms with Gasteiger partial charge in [0, 0.05) is 13.0 Å². The Labute approximate surface area is 72.1 Å². The summed E-state index contributed by atoms with van der Waals surface area (Å²) in [6.45, 7) is 1.02. The fourth-order valence-corrected chi connectivity index (χ4v) is 1.81. The van der Waals surface area contributed by atoms with E-state index in [0.717, 1.165) is 19.8 Å². The summed E-state index contributed by atoms with van der Waals surface area (Å²) in [5.41, 5.74) is 0. The lowest BCUT2D eigenvalue weighted by Crippen LogP contribution is -2.31. The van der Waals surface area contributed by atoms with Crippen LogP contribution in [0.5, 0.6) is 0 Å². The Bertz CT molecular complexity index is 134. The molecule has 0 radical (unpaired) electrons. The van der Waals surface area contributed by atoms with E-state index in [2.05, 4.69) is 0 Å². The van der Waals surface area contributed by atoms with E-state index < -0.39 is 11.8 Å². The van der Waals surface area contributed by atoms with Gasteiger partial charge in [0.1, 0.15) is 0 Å². The molecule has 0 amide bonds. The molecule has 0 aromatic carbocycles. The lowest BCUT2D eigenvalue weighted by molar-refractivity contribution is -0.0698. The Morgan fingerprint density at radius 1 is 1.17 bits per heavy atom. The van der Waals surface area contributed by atoms with Crippen LogP contribution in [-0.2, 0) is 4.74 Å². The topological polar surface area (TPSA) is 9.23 Å². The molecule has 0 spiro atoms. The molecule has 1 aliphatic carbocycles. The number of ether oxygens (including phenoxy) is 1. The van der Waals surface area contributed by atoms with Crippen LogP contribution in [0.2, 0.25) is 0 Å². The predicted molar refractivity (Wildman–Crippen MR) is 43.4 cm³/mol. The number of halogens is 2. The molecule has 0 bridgehead atoms. The largest absolute Gasteiger partial charge is 0.381 e. The highest BCUT2D eigenvalue weighted by Gasteiger charge is 2.36. The monoisotopic (exact) mass is 178 g/mol. The Morgan fingerprint density at radius 2 is 1.67 bits per heavy atom. The van der Waals surface area contributed by atoms with Crippen LogP contribution in [0.1, 0.15) is 32.6 Å². The summed E-state index contributed by atoms with van der Waals surface area (Å²) in [7, 11) is 1.65. The van der Waals surface area contributed by atoms with Crippen molar-refractivity contribution in [2.45, 2.75) is 44.6 Å². The van der Waals surface area contributed by atoms with Crippen LogP contribution in [0.4, 0.5) is 8.78 Å². The first-order chi connectivity index (χ1) is 5.54. The van der Waals surface area contributed by atoms with E-state index in [9.17, 15) is 8.78 Å². The zero-order valence-corrected chi connectivity index (χ0v) is 7.65. The third-order valence-electron chi connectivity index (χ3n) is 2.72. The Balaban J connectivity index is 2.36. The molecule has 0 atom stereocenters. The van der Waals surface area contributed by atoms with Crippen molar-refractivity contribution in [2.24, 2.45) is 5.92 Å². The fraction of sp³-hybridized carbons (Fsp3) is 1.00. The summed E-state index contributed by atoms with van der Waals surface area (Å²) in [6.07, 6.45) is 2.97. The molecule has 0 heterocycles. The minimum atomic E-state index is -2.50. The number of rotatable bonds is 2. The Morgan fingerprint density at radius 3 is 2.00 bits per heavy atom. The third kappa shape index (κ3) is 2.41. The van der Waals surface area contributed by atoms with E-state index >= 15 is 0 Å². The summed E-state index contributed by atoms with van der Waals surface area (Å²) in [6, 6.07) is 0. The zero-order valence-electron chi connectivity index (χ0n) is 7.65. The van der Waals surface area contributed by atoms with Gasteiger partial charge in [-0.1, -0.05) is 0 Å². The van der Waals surface area contributed by atoms with Gasteiger partial charge in [-0.25, -0.2) is 8.78 Å². The van der Waals surface area contributed by atoms with Gasteiger partial charge < -0.3 is 4.74 Å². The van der Waals surface area contributed by atoms with E-state index in [1.807, 2.05) is 0 Å². The lowest BCUT2D eigenvalue weighted by Gasteiger charge is -2.31. The Hall–Kier alpha value is -0.180. The fourth-order valence-electron chi connectivity index (χ4n) is 1.81. The molecule has 72 valence electrons. The van der Waals surface area contributed by atoms with E-state index in [0.29, 0.717) is 12.8 Å². The van der Waals surface area contributed by atoms with E-state index in [-0.39, 0.29) is 6.10 Å². The van der Waals surface area contributed by atoms with Crippen molar-refractivity contribution in [3.63, 3.8) is 0 Å². The molecule has 1 saturated carbocycles. The van der Waals surface area contributed by atoms with Gasteiger partial charge in [-0.15, -0.1) is 0 Å². The molecular weight excluding hydrogens is 162 g/mol. The van der Waals surface area contributed by atoms with Gasteiger partial charge in [-0.2, -0.15) is 0 Å². The summed E-state index contributed by atoms with van der Waals surface area (Å²) in [4.78, 5) is 0. The normalized spacial score (nSPS) is 32.0. The first-order valence-electron chi connectivity index (χ1n) is 4.44. The van der Waals surface area contributed by atoms with E-state index in [4.69, 9.17) is 4.74 Å². The minimum absolute atomic E-state index is 0.212. The first kappa shape index (κ1) is 9.90.